The van der Waals surface area contributed by atoms with Crippen molar-refractivity contribution in [1.29, 1.82) is 0 Å². The van der Waals surface area contributed by atoms with Crippen LogP contribution in [0.4, 0.5) is 4.39 Å². The first kappa shape index (κ1) is 25.7. The fourth-order valence-corrected chi connectivity index (χ4v) is 4.21. The number of esters is 1. The van der Waals surface area contributed by atoms with E-state index in [1.165, 1.54) is 12.1 Å². The van der Waals surface area contributed by atoms with Crippen molar-refractivity contribution in [2.45, 2.75) is 46.6 Å². The minimum atomic E-state index is -3.29. The van der Waals surface area contributed by atoms with Crippen molar-refractivity contribution in [2.24, 2.45) is 0 Å². The molecule has 0 aliphatic rings. The lowest BCUT2D eigenvalue weighted by Gasteiger charge is -2.15. The molecule has 1 N–H and O–H groups in total. The Balaban J connectivity index is 1.73. The third-order valence-corrected chi connectivity index (χ3v) is 6.31. The lowest BCUT2D eigenvalue weighted by Crippen LogP contribution is -2.24. The summed E-state index contributed by atoms with van der Waals surface area (Å²) in [5.74, 6) is 0.588. The van der Waals surface area contributed by atoms with Crippen molar-refractivity contribution >= 4 is 27.0 Å². The largest absolute Gasteiger partial charge is 0.488 e. The van der Waals surface area contributed by atoms with E-state index < -0.39 is 15.8 Å². The van der Waals surface area contributed by atoms with Crippen LogP contribution in [0.25, 0.3) is 11.0 Å². The Labute approximate surface area is 199 Å². The zero-order valence-corrected chi connectivity index (χ0v) is 20.7. The van der Waals surface area contributed by atoms with Crippen molar-refractivity contribution in [1.82, 2.24) is 4.72 Å². The molecule has 0 bridgehead atoms. The van der Waals surface area contributed by atoms with E-state index in [1.54, 1.807) is 13.0 Å². The lowest BCUT2D eigenvalue weighted by atomic mass is 9.99. The van der Waals surface area contributed by atoms with Gasteiger partial charge in [0.25, 0.3) is 0 Å². The quantitative estimate of drug-likeness (QED) is 0.401. The summed E-state index contributed by atoms with van der Waals surface area (Å²) in [6, 6.07) is 8.24. The molecule has 0 radical (unpaired) electrons. The standard InChI is InChI=1S/C25H30FNO6S/c1-5-31-24(28)9-7-18-6-8-23(17(3)16(18)2)32-15-20-13-21(26)12-19-14-22(33-25(19)20)10-11-27-34(4,29)30/h6,8,12-14,27H,5,7,9-11,15H2,1-4H3. The number of halogens is 1. The van der Waals surface area contributed by atoms with Gasteiger partial charge in [0.05, 0.1) is 12.9 Å². The summed E-state index contributed by atoms with van der Waals surface area (Å²) >= 11 is 0. The minimum absolute atomic E-state index is 0.102. The zero-order chi connectivity index (χ0) is 24.9. The summed E-state index contributed by atoms with van der Waals surface area (Å²) in [7, 11) is -3.29. The van der Waals surface area contributed by atoms with Gasteiger partial charge >= 0.3 is 5.97 Å². The van der Waals surface area contributed by atoms with E-state index in [0.29, 0.717) is 53.9 Å². The van der Waals surface area contributed by atoms with Crippen LogP contribution in [-0.4, -0.2) is 33.8 Å². The Morgan fingerprint density at radius 3 is 2.56 bits per heavy atom. The van der Waals surface area contributed by atoms with Crippen LogP contribution in [-0.2, 0) is 39.0 Å². The highest BCUT2D eigenvalue weighted by molar-refractivity contribution is 7.88. The molecule has 34 heavy (non-hydrogen) atoms. The molecule has 3 rings (SSSR count). The Hall–Kier alpha value is -2.91. The first-order valence-electron chi connectivity index (χ1n) is 11.1. The van der Waals surface area contributed by atoms with Crippen molar-refractivity contribution in [3.05, 3.63) is 64.2 Å². The van der Waals surface area contributed by atoms with Gasteiger partial charge in [0.1, 0.15) is 29.5 Å². The number of nitrogens with one attached hydrogen (secondary N) is 1. The molecule has 0 saturated heterocycles. The molecule has 7 nitrogen and oxygen atoms in total. The smallest absolute Gasteiger partial charge is 0.306 e. The van der Waals surface area contributed by atoms with Crippen molar-refractivity contribution in [2.75, 3.05) is 19.4 Å². The van der Waals surface area contributed by atoms with E-state index in [0.717, 1.165) is 22.9 Å². The number of carbonyl (C=O) groups excluding carboxylic acids is 1. The number of sulfonamides is 1. The van der Waals surface area contributed by atoms with Crippen LogP contribution < -0.4 is 9.46 Å². The van der Waals surface area contributed by atoms with Gasteiger partial charge in [-0.3, -0.25) is 4.79 Å². The summed E-state index contributed by atoms with van der Waals surface area (Å²) in [4.78, 5) is 11.7. The summed E-state index contributed by atoms with van der Waals surface area (Å²) in [5, 5.41) is 0.593. The molecule has 0 unspecified atom stereocenters. The fourth-order valence-electron chi connectivity index (χ4n) is 3.73. The summed E-state index contributed by atoms with van der Waals surface area (Å²) in [5.41, 5.74) is 4.09. The van der Waals surface area contributed by atoms with Gasteiger partial charge in [-0.1, -0.05) is 6.07 Å². The highest BCUT2D eigenvalue weighted by atomic mass is 32.2. The maximum Gasteiger partial charge on any atom is 0.306 e. The average Bonchev–Trinajstić information content (AvgIpc) is 3.15. The van der Waals surface area contributed by atoms with Gasteiger partial charge in [-0.2, -0.15) is 0 Å². The van der Waals surface area contributed by atoms with Gasteiger partial charge in [0, 0.05) is 30.3 Å². The molecule has 184 valence electrons. The number of carbonyl (C=O) groups is 1. The van der Waals surface area contributed by atoms with Crippen molar-refractivity contribution < 1.29 is 31.5 Å². The lowest BCUT2D eigenvalue weighted by molar-refractivity contribution is -0.143. The SMILES string of the molecule is CCOC(=O)CCc1ccc(OCc2cc(F)cc3cc(CCNS(C)(=O)=O)oc23)c(C)c1C. The monoisotopic (exact) mass is 491 g/mol. The molecule has 0 aliphatic carbocycles. The number of ether oxygens (including phenoxy) is 2. The Morgan fingerprint density at radius 1 is 1.09 bits per heavy atom. The normalized spacial score (nSPS) is 11.7. The van der Waals surface area contributed by atoms with E-state index in [2.05, 4.69) is 4.72 Å². The number of aryl methyl sites for hydroxylation is 1. The van der Waals surface area contributed by atoms with Gasteiger partial charge in [-0.15, -0.1) is 0 Å². The van der Waals surface area contributed by atoms with E-state index in [9.17, 15) is 17.6 Å². The molecular formula is C25H30FNO6S. The third kappa shape index (κ3) is 6.80. The second-order valence-corrected chi connectivity index (χ2v) is 10.0. The van der Waals surface area contributed by atoms with Gasteiger partial charge in [0.2, 0.25) is 10.0 Å². The van der Waals surface area contributed by atoms with Gasteiger partial charge in [0.15, 0.2) is 0 Å². The molecule has 2 aromatic carbocycles. The van der Waals surface area contributed by atoms with Crippen LogP contribution in [0.3, 0.4) is 0 Å². The number of rotatable bonds is 11. The topological polar surface area (TPSA) is 94.8 Å². The highest BCUT2D eigenvalue weighted by Gasteiger charge is 2.14. The maximum absolute atomic E-state index is 14.2. The second kappa shape index (κ2) is 11.0. The van der Waals surface area contributed by atoms with E-state index >= 15 is 0 Å². The molecule has 1 aromatic heterocycles. The number of fused-ring (bicyclic) bond motifs is 1. The molecule has 0 spiro atoms. The Bertz CT molecular complexity index is 1280. The summed E-state index contributed by atoms with van der Waals surface area (Å²) < 4.78 is 56.0. The third-order valence-electron chi connectivity index (χ3n) is 5.58. The van der Waals surface area contributed by atoms with Crippen LogP contribution in [0, 0.1) is 19.7 Å². The average molecular weight is 492 g/mol. The van der Waals surface area contributed by atoms with Crippen LogP contribution in [0.5, 0.6) is 5.75 Å². The number of benzene rings is 2. The van der Waals surface area contributed by atoms with Crippen LogP contribution >= 0.6 is 0 Å². The van der Waals surface area contributed by atoms with Crippen LogP contribution in [0.2, 0.25) is 0 Å². The van der Waals surface area contributed by atoms with Gasteiger partial charge < -0.3 is 13.9 Å². The number of hydrogen-bond acceptors (Lipinski definition) is 6. The van der Waals surface area contributed by atoms with Crippen LogP contribution in [0.15, 0.2) is 34.7 Å². The van der Waals surface area contributed by atoms with E-state index in [4.69, 9.17) is 13.9 Å². The molecule has 0 atom stereocenters. The molecule has 9 heteroatoms. The number of hydrogen-bond donors (Lipinski definition) is 1. The van der Waals surface area contributed by atoms with Crippen molar-refractivity contribution in [3.8, 4) is 5.75 Å². The van der Waals surface area contributed by atoms with Gasteiger partial charge in [-0.05, 0) is 68.1 Å². The molecule has 0 fully saturated rings. The van der Waals surface area contributed by atoms with Crippen LogP contribution in [0.1, 0.15) is 41.4 Å². The molecule has 0 amide bonds. The van der Waals surface area contributed by atoms with E-state index in [-0.39, 0.29) is 19.1 Å². The molecule has 0 saturated carbocycles. The predicted molar refractivity (Wildman–Crippen MR) is 128 cm³/mol. The first-order valence-corrected chi connectivity index (χ1v) is 13.0. The van der Waals surface area contributed by atoms with Crippen molar-refractivity contribution in [3.63, 3.8) is 0 Å². The highest BCUT2D eigenvalue weighted by Crippen LogP contribution is 2.29. The predicted octanol–water partition coefficient (Wildman–Crippen LogP) is 4.36. The molecule has 3 aromatic rings. The Morgan fingerprint density at radius 2 is 1.85 bits per heavy atom. The molecule has 0 aliphatic heterocycles. The van der Waals surface area contributed by atoms with E-state index in [1.807, 2.05) is 26.0 Å². The first-order chi connectivity index (χ1) is 16.1. The fraction of sp³-hybridized carbons (Fsp3) is 0.400. The number of furan rings is 1. The van der Waals surface area contributed by atoms with Gasteiger partial charge in [-0.25, -0.2) is 17.5 Å². The molecular weight excluding hydrogens is 461 g/mol. The Kier molecular flexibility index (Phi) is 8.33. The minimum Gasteiger partial charge on any atom is -0.488 e. The second-order valence-electron chi connectivity index (χ2n) is 8.18. The summed E-state index contributed by atoms with van der Waals surface area (Å²) in [6.45, 7) is 6.36. The maximum atomic E-state index is 14.2. The zero-order valence-electron chi connectivity index (χ0n) is 19.9. The summed E-state index contributed by atoms with van der Waals surface area (Å²) in [6.07, 6.45) is 2.33. The molecule has 1 heterocycles.